The Morgan fingerprint density at radius 2 is 1.67 bits per heavy atom. The molecule has 0 spiro atoms. The van der Waals surface area contributed by atoms with Crippen LogP contribution in [0.3, 0.4) is 0 Å². The van der Waals surface area contributed by atoms with Crippen molar-refractivity contribution in [2.24, 2.45) is 11.8 Å². The molecule has 2 aromatic rings. The highest BCUT2D eigenvalue weighted by Crippen LogP contribution is 2.21. The molecule has 0 radical (unpaired) electrons. The molecule has 2 aliphatic rings. The van der Waals surface area contributed by atoms with Crippen molar-refractivity contribution in [3.8, 4) is 5.75 Å². The molecule has 8 heteroatoms. The van der Waals surface area contributed by atoms with Gasteiger partial charge in [0, 0.05) is 6.20 Å². The molecule has 0 saturated heterocycles. The summed E-state index contributed by atoms with van der Waals surface area (Å²) in [5.74, 6) is -0.734. The smallest absolute Gasteiger partial charge is 0.247 e. The molecule has 0 saturated carbocycles. The molecule has 2 bridgehead atoms. The SMILES string of the molecule is CCC(C)[C@H]1NC(=O)[C@@H](NC(=O)[C@H](Cc2ccccc2)N(C)C)[C@H](C(C)C)Oc2ccc(cc2)/C=C/NC1=O. The summed E-state index contributed by atoms with van der Waals surface area (Å²) < 4.78 is 6.35. The third-order valence-corrected chi connectivity index (χ3v) is 7.21. The molecule has 2 heterocycles. The lowest BCUT2D eigenvalue weighted by molar-refractivity contribution is -0.136. The number of carbonyl (C=O) groups excluding carboxylic acids is 3. The largest absolute Gasteiger partial charge is 0.487 e. The van der Waals surface area contributed by atoms with Gasteiger partial charge < -0.3 is 20.7 Å². The fourth-order valence-electron chi connectivity index (χ4n) is 4.55. The molecule has 3 amide bonds. The number of hydrogen-bond donors (Lipinski definition) is 3. The fraction of sp³-hybridized carbons (Fsp3) is 0.452. The van der Waals surface area contributed by atoms with E-state index in [9.17, 15) is 14.4 Å². The minimum absolute atomic E-state index is 0.128. The third-order valence-electron chi connectivity index (χ3n) is 7.21. The number of likely N-dealkylation sites (N-methyl/N-ethyl adjacent to an activating group) is 1. The molecule has 0 aromatic heterocycles. The van der Waals surface area contributed by atoms with Gasteiger partial charge in [0.2, 0.25) is 17.7 Å². The van der Waals surface area contributed by atoms with Gasteiger partial charge in [0.25, 0.3) is 0 Å². The van der Waals surface area contributed by atoms with Crippen LogP contribution in [0.4, 0.5) is 0 Å². The highest BCUT2D eigenvalue weighted by atomic mass is 16.5. The lowest BCUT2D eigenvalue weighted by Gasteiger charge is -2.34. The Balaban J connectivity index is 1.99. The fourth-order valence-corrected chi connectivity index (χ4v) is 4.55. The van der Waals surface area contributed by atoms with E-state index in [1.807, 2.05) is 101 Å². The highest BCUT2D eigenvalue weighted by Gasteiger charge is 2.38. The van der Waals surface area contributed by atoms with Crippen molar-refractivity contribution in [1.29, 1.82) is 0 Å². The summed E-state index contributed by atoms with van der Waals surface area (Å²) >= 11 is 0. The lowest BCUT2D eigenvalue weighted by Crippen LogP contribution is -2.62. The minimum atomic E-state index is -1.03. The van der Waals surface area contributed by atoms with Crippen LogP contribution in [0.2, 0.25) is 0 Å². The van der Waals surface area contributed by atoms with Crippen LogP contribution in [0, 0.1) is 11.8 Å². The highest BCUT2D eigenvalue weighted by molar-refractivity contribution is 5.94. The monoisotopic (exact) mass is 534 g/mol. The average Bonchev–Trinajstić information content (AvgIpc) is 2.92. The Kier molecular flexibility index (Phi) is 10.7. The van der Waals surface area contributed by atoms with Crippen LogP contribution in [0.1, 0.15) is 45.2 Å². The molecular weight excluding hydrogens is 492 g/mol. The van der Waals surface area contributed by atoms with E-state index < -0.39 is 30.1 Å². The van der Waals surface area contributed by atoms with E-state index in [1.165, 1.54) is 0 Å². The second kappa shape index (κ2) is 13.9. The van der Waals surface area contributed by atoms with Gasteiger partial charge in [-0.25, -0.2) is 0 Å². The van der Waals surface area contributed by atoms with Gasteiger partial charge in [0.1, 0.15) is 23.9 Å². The minimum Gasteiger partial charge on any atom is -0.487 e. The van der Waals surface area contributed by atoms with Gasteiger partial charge in [-0.15, -0.1) is 0 Å². The van der Waals surface area contributed by atoms with Gasteiger partial charge in [-0.2, -0.15) is 0 Å². The van der Waals surface area contributed by atoms with Crippen LogP contribution < -0.4 is 20.7 Å². The van der Waals surface area contributed by atoms with Crippen LogP contribution in [-0.2, 0) is 20.8 Å². The molecule has 2 aliphatic heterocycles. The summed E-state index contributed by atoms with van der Waals surface area (Å²) in [5, 5.41) is 8.73. The number of carbonyl (C=O) groups is 3. The number of ether oxygens (including phenoxy) is 1. The van der Waals surface area contributed by atoms with E-state index >= 15 is 0 Å². The van der Waals surface area contributed by atoms with Gasteiger partial charge in [-0.05, 0) is 61.7 Å². The molecule has 8 nitrogen and oxygen atoms in total. The first-order valence-electron chi connectivity index (χ1n) is 13.7. The number of nitrogens with zero attached hydrogens (tertiary/aromatic N) is 1. The zero-order chi connectivity index (χ0) is 28.5. The second-order valence-electron chi connectivity index (χ2n) is 10.8. The first-order chi connectivity index (χ1) is 18.6. The van der Waals surface area contributed by atoms with E-state index in [1.54, 1.807) is 12.3 Å². The van der Waals surface area contributed by atoms with Gasteiger partial charge in [0.05, 0.1) is 6.04 Å². The standard InChI is InChI=1S/C31H42N4O4/c1-7-21(4)26-30(37)32-18-17-22-13-15-24(16-14-22)39-28(20(2)3)27(31(38)33-26)34-29(36)25(35(5)6)19-23-11-9-8-10-12-23/h8-18,20-21,25-28H,7,19H2,1-6H3,(H,32,37)(H,33,38)(H,34,36)/b18-17+/t21?,25-,26+,27-,28-/m0/s1. The predicted octanol–water partition coefficient (Wildman–Crippen LogP) is 3.38. The van der Waals surface area contributed by atoms with Crippen molar-refractivity contribution >= 4 is 23.8 Å². The topological polar surface area (TPSA) is 99.8 Å². The van der Waals surface area contributed by atoms with E-state index in [0.29, 0.717) is 18.6 Å². The van der Waals surface area contributed by atoms with Gasteiger partial charge in [-0.1, -0.05) is 76.6 Å². The maximum atomic E-state index is 13.9. The predicted molar refractivity (Wildman–Crippen MR) is 154 cm³/mol. The lowest BCUT2D eigenvalue weighted by atomic mass is 9.94. The Morgan fingerprint density at radius 1 is 1.00 bits per heavy atom. The molecular formula is C31H42N4O4. The van der Waals surface area contributed by atoms with E-state index in [2.05, 4.69) is 16.0 Å². The molecule has 2 aromatic carbocycles. The first-order valence-corrected chi connectivity index (χ1v) is 13.7. The molecule has 0 fully saturated rings. The van der Waals surface area contributed by atoms with E-state index in [-0.39, 0.29) is 23.7 Å². The van der Waals surface area contributed by atoms with Crippen LogP contribution in [0.15, 0.2) is 60.8 Å². The Morgan fingerprint density at radius 3 is 2.26 bits per heavy atom. The zero-order valence-corrected chi connectivity index (χ0v) is 23.8. The Hall–Kier alpha value is -3.65. The number of rotatable bonds is 8. The quantitative estimate of drug-likeness (QED) is 0.482. The molecule has 0 aliphatic carbocycles. The van der Waals surface area contributed by atoms with Crippen LogP contribution >= 0.6 is 0 Å². The molecule has 1 unspecified atom stereocenters. The number of nitrogens with one attached hydrogen (secondary N) is 3. The number of hydrogen-bond acceptors (Lipinski definition) is 5. The molecule has 4 rings (SSSR count). The maximum Gasteiger partial charge on any atom is 0.247 e. The molecule has 210 valence electrons. The van der Waals surface area contributed by atoms with Crippen molar-refractivity contribution < 1.29 is 19.1 Å². The van der Waals surface area contributed by atoms with Gasteiger partial charge in [0.15, 0.2) is 0 Å². The molecule has 3 N–H and O–H groups in total. The van der Waals surface area contributed by atoms with E-state index in [0.717, 1.165) is 11.1 Å². The summed E-state index contributed by atoms with van der Waals surface area (Å²) in [6.45, 7) is 7.78. The van der Waals surface area contributed by atoms with Crippen LogP contribution in [0.5, 0.6) is 5.75 Å². The van der Waals surface area contributed by atoms with E-state index in [4.69, 9.17) is 4.74 Å². The number of amides is 3. The summed E-state index contributed by atoms with van der Waals surface area (Å²) in [4.78, 5) is 42.6. The van der Waals surface area contributed by atoms with Gasteiger partial charge >= 0.3 is 0 Å². The van der Waals surface area contributed by atoms with Crippen molar-refractivity contribution in [3.63, 3.8) is 0 Å². The summed E-state index contributed by atoms with van der Waals surface area (Å²) in [6.07, 6.45) is 3.85. The molecule has 5 atom stereocenters. The van der Waals surface area contributed by atoms with Crippen molar-refractivity contribution in [1.82, 2.24) is 20.9 Å². The maximum absolute atomic E-state index is 13.9. The van der Waals surface area contributed by atoms with Gasteiger partial charge in [-0.3, -0.25) is 19.3 Å². The Bertz CT molecular complexity index is 1130. The second-order valence-corrected chi connectivity index (χ2v) is 10.8. The molecule has 39 heavy (non-hydrogen) atoms. The summed E-state index contributed by atoms with van der Waals surface area (Å²) in [7, 11) is 3.69. The zero-order valence-electron chi connectivity index (χ0n) is 23.8. The Labute approximate surface area is 232 Å². The van der Waals surface area contributed by atoms with Crippen molar-refractivity contribution in [2.45, 2.75) is 64.8 Å². The van der Waals surface area contributed by atoms with Crippen molar-refractivity contribution in [3.05, 3.63) is 71.9 Å². The first kappa shape index (κ1) is 29.9. The summed E-state index contributed by atoms with van der Waals surface area (Å²) in [5.41, 5.74) is 1.91. The van der Waals surface area contributed by atoms with Crippen molar-refractivity contribution in [2.75, 3.05) is 14.1 Å². The number of fused-ring (bicyclic) bond motifs is 10. The van der Waals surface area contributed by atoms with Crippen LogP contribution in [-0.4, -0.2) is 60.9 Å². The third kappa shape index (κ3) is 8.17. The number of benzene rings is 2. The summed E-state index contributed by atoms with van der Waals surface area (Å²) in [6, 6.07) is 14.8. The average molecular weight is 535 g/mol. The normalized spacial score (nSPS) is 22.3. The van der Waals surface area contributed by atoms with Crippen LogP contribution in [0.25, 0.3) is 6.08 Å².